The van der Waals surface area contributed by atoms with E-state index in [4.69, 9.17) is 4.42 Å². The molecule has 2 aromatic carbocycles. The number of amides is 1. The first-order valence-corrected chi connectivity index (χ1v) is 9.99. The number of nitrogens with zero attached hydrogens (tertiary/aromatic N) is 3. The SMILES string of the molecule is O=C(CN(c1cccc([N+](=O)[O-])c1)S(=O)(=O)c1ccccc1)N/N=C\c1ccco1. The average Bonchev–Trinajstić information content (AvgIpc) is 3.26. The summed E-state index contributed by atoms with van der Waals surface area (Å²) in [6.45, 7) is -0.645. The van der Waals surface area contributed by atoms with Gasteiger partial charge in [0.2, 0.25) is 0 Å². The molecule has 0 saturated carbocycles. The Hall–Kier alpha value is -3.99. The van der Waals surface area contributed by atoms with Crippen molar-refractivity contribution in [2.45, 2.75) is 4.90 Å². The van der Waals surface area contributed by atoms with Crippen LogP contribution in [0.1, 0.15) is 5.76 Å². The van der Waals surface area contributed by atoms with Crippen LogP contribution in [0.5, 0.6) is 0 Å². The molecule has 0 spiro atoms. The minimum atomic E-state index is -4.18. The third-order valence-electron chi connectivity index (χ3n) is 3.87. The Balaban J connectivity index is 1.90. The molecule has 0 radical (unpaired) electrons. The fourth-order valence-corrected chi connectivity index (χ4v) is 3.93. The number of nitrogens with one attached hydrogen (secondary N) is 1. The summed E-state index contributed by atoms with van der Waals surface area (Å²) in [6.07, 6.45) is 2.68. The van der Waals surface area contributed by atoms with Gasteiger partial charge in [-0.25, -0.2) is 13.8 Å². The maximum absolute atomic E-state index is 13.1. The summed E-state index contributed by atoms with van der Waals surface area (Å²) in [7, 11) is -4.18. The molecule has 154 valence electrons. The molecule has 1 N–H and O–H groups in total. The lowest BCUT2D eigenvalue weighted by Gasteiger charge is -2.23. The van der Waals surface area contributed by atoms with Crippen molar-refractivity contribution in [1.82, 2.24) is 5.43 Å². The average molecular weight is 428 g/mol. The second-order valence-electron chi connectivity index (χ2n) is 5.91. The Bertz CT molecular complexity index is 1160. The van der Waals surface area contributed by atoms with E-state index in [1.165, 1.54) is 54.9 Å². The molecule has 0 aliphatic rings. The van der Waals surface area contributed by atoms with Gasteiger partial charge in [-0.3, -0.25) is 19.2 Å². The van der Waals surface area contributed by atoms with Gasteiger partial charge in [0.05, 0.1) is 28.0 Å². The van der Waals surface area contributed by atoms with Crippen molar-refractivity contribution in [3.63, 3.8) is 0 Å². The van der Waals surface area contributed by atoms with E-state index >= 15 is 0 Å². The summed E-state index contributed by atoms with van der Waals surface area (Å²) in [5.41, 5.74) is 1.87. The number of anilines is 1. The number of sulfonamides is 1. The van der Waals surface area contributed by atoms with E-state index in [0.29, 0.717) is 5.76 Å². The number of nitro benzene ring substituents is 1. The summed E-state index contributed by atoms with van der Waals surface area (Å²) in [5.74, 6) is -0.355. The first-order valence-electron chi connectivity index (χ1n) is 8.55. The highest BCUT2D eigenvalue weighted by Crippen LogP contribution is 2.26. The molecule has 1 heterocycles. The van der Waals surface area contributed by atoms with Gasteiger partial charge in [-0.15, -0.1) is 0 Å². The van der Waals surface area contributed by atoms with Gasteiger partial charge in [0.1, 0.15) is 12.3 Å². The molecule has 0 saturated heterocycles. The largest absolute Gasteiger partial charge is 0.463 e. The predicted molar refractivity (Wildman–Crippen MR) is 109 cm³/mol. The quantitative estimate of drug-likeness (QED) is 0.333. The number of carbonyl (C=O) groups is 1. The Morgan fingerprint density at radius 1 is 1.13 bits per heavy atom. The number of furan rings is 1. The van der Waals surface area contributed by atoms with Crippen LogP contribution in [-0.4, -0.2) is 32.0 Å². The number of rotatable bonds is 8. The Kier molecular flexibility index (Phi) is 6.23. The van der Waals surface area contributed by atoms with Crippen LogP contribution in [0, 0.1) is 10.1 Å². The molecular formula is C19H16N4O6S. The van der Waals surface area contributed by atoms with E-state index in [0.717, 1.165) is 10.4 Å². The van der Waals surface area contributed by atoms with E-state index < -0.39 is 27.4 Å². The second kappa shape index (κ2) is 9.01. The summed E-state index contributed by atoms with van der Waals surface area (Å²) < 4.78 is 32.1. The van der Waals surface area contributed by atoms with Crippen LogP contribution in [0.15, 0.2) is 87.4 Å². The van der Waals surface area contributed by atoms with Gasteiger partial charge in [0.15, 0.2) is 0 Å². The van der Waals surface area contributed by atoms with Crippen molar-refractivity contribution in [3.8, 4) is 0 Å². The van der Waals surface area contributed by atoms with Gasteiger partial charge in [-0.2, -0.15) is 5.10 Å². The third-order valence-corrected chi connectivity index (χ3v) is 5.66. The van der Waals surface area contributed by atoms with Crippen molar-refractivity contribution >= 4 is 33.5 Å². The summed E-state index contributed by atoms with van der Waals surface area (Å²) in [4.78, 5) is 22.7. The first kappa shape index (κ1) is 20.7. The van der Waals surface area contributed by atoms with Crippen molar-refractivity contribution in [3.05, 3.63) is 88.9 Å². The molecule has 0 bridgehead atoms. The lowest BCUT2D eigenvalue weighted by molar-refractivity contribution is -0.384. The van der Waals surface area contributed by atoms with Crippen molar-refractivity contribution in [1.29, 1.82) is 0 Å². The van der Waals surface area contributed by atoms with Crippen molar-refractivity contribution < 1.29 is 22.6 Å². The molecular weight excluding hydrogens is 412 g/mol. The zero-order chi connectivity index (χ0) is 21.6. The van der Waals surface area contributed by atoms with Crippen molar-refractivity contribution in [2.75, 3.05) is 10.8 Å². The molecule has 0 unspecified atom stereocenters. The van der Waals surface area contributed by atoms with E-state index in [1.54, 1.807) is 18.2 Å². The fraction of sp³-hybridized carbons (Fsp3) is 0.0526. The topological polar surface area (TPSA) is 135 Å². The number of nitro groups is 1. The summed E-state index contributed by atoms with van der Waals surface area (Å²) in [5, 5.41) is 14.8. The minimum Gasteiger partial charge on any atom is -0.463 e. The van der Waals surface area contributed by atoms with Gasteiger partial charge in [-0.05, 0) is 30.3 Å². The molecule has 1 aromatic heterocycles. The number of carbonyl (C=O) groups excluding carboxylic acids is 1. The molecule has 11 heteroatoms. The zero-order valence-corrected chi connectivity index (χ0v) is 16.2. The van der Waals surface area contributed by atoms with Crippen molar-refractivity contribution in [2.24, 2.45) is 5.10 Å². The van der Waals surface area contributed by atoms with Crippen LogP contribution >= 0.6 is 0 Å². The molecule has 0 aliphatic heterocycles. The number of hydrogen-bond donors (Lipinski definition) is 1. The normalized spacial score (nSPS) is 11.3. The van der Waals surface area contributed by atoms with Crippen LogP contribution in [0.25, 0.3) is 0 Å². The first-order chi connectivity index (χ1) is 14.4. The predicted octanol–water partition coefficient (Wildman–Crippen LogP) is 2.53. The van der Waals surface area contributed by atoms with Crippen LogP contribution in [0.4, 0.5) is 11.4 Å². The third kappa shape index (κ3) is 4.89. The number of benzene rings is 2. The van der Waals surface area contributed by atoms with Crippen LogP contribution in [0.2, 0.25) is 0 Å². The maximum Gasteiger partial charge on any atom is 0.271 e. The Labute approximate surface area is 171 Å². The van der Waals surface area contributed by atoms with E-state index in [1.807, 2.05) is 0 Å². The molecule has 0 atom stereocenters. The smallest absolute Gasteiger partial charge is 0.271 e. The molecule has 3 aromatic rings. The fourth-order valence-electron chi connectivity index (χ4n) is 2.49. The van der Waals surface area contributed by atoms with Gasteiger partial charge < -0.3 is 4.42 Å². The van der Waals surface area contributed by atoms with Crippen LogP contribution < -0.4 is 9.73 Å². The highest BCUT2D eigenvalue weighted by Gasteiger charge is 2.28. The van der Waals surface area contributed by atoms with E-state index in [2.05, 4.69) is 10.5 Å². The number of non-ortho nitro benzene ring substituents is 1. The number of hydrogen-bond acceptors (Lipinski definition) is 7. The molecule has 1 amide bonds. The molecule has 3 rings (SSSR count). The zero-order valence-electron chi connectivity index (χ0n) is 15.4. The lowest BCUT2D eigenvalue weighted by atomic mass is 10.3. The van der Waals surface area contributed by atoms with Gasteiger partial charge in [0, 0.05) is 12.1 Å². The molecule has 0 fully saturated rings. The van der Waals surface area contributed by atoms with Gasteiger partial charge >= 0.3 is 0 Å². The summed E-state index contributed by atoms with van der Waals surface area (Å²) >= 11 is 0. The van der Waals surface area contributed by atoms with E-state index in [-0.39, 0.29) is 16.3 Å². The highest BCUT2D eigenvalue weighted by molar-refractivity contribution is 7.92. The van der Waals surface area contributed by atoms with Crippen LogP contribution in [0.3, 0.4) is 0 Å². The minimum absolute atomic E-state index is 0.0294. The molecule has 10 nitrogen and oxygen atoms in total. The second-order valence-corrected chi connectivity index (χ2v) is 7.77. The molecule has 0 aliphatic carbocycles. The highest BCUT2D eigenvalue weighted by atomic mass is 32.2. The standard InChI is InChI=1S/C19H16N4O6S/c24-19(21-20-13-17-8-5-11-29-17)14-22(15-6-4-7-16(12-15)23(25)26)30(27,28)18-9-2-1-3-10-18/h1-13H,14H2,(H,21,24)/b20-13-. The Morgan fingerprint density at radius 3 is 2.57 bits per heavy atom. The summed E-state index contributed by atoms with van der Waals surface area (Å²) in [6, 6.07) is 15.7. The van der Waals surface area contributed by atoms with E-state index in [9.17, 15) is 23.3 Å². The Morgan fingerprint density at radius 2 is 1.90 bits per heavy atom. The monoisotopic (exact) mass is 428 g/mol. The number of hydrazone groups is 1. The van der Waals surface area contributed by atoms with Crippen LogP contribution in [-0.2, 0) is 14.8 Å². The maximum atomic E-state index is 13.1. The molecule has 30 heavy (non-hydrogen) atoms. The van der Waals surface area contributed by atoms with Gasteiger partial charge in [-0.1, -0.05) is 24.3 Å². The van der Waals surface area contributed by atoms with Gasteiger partial charge in [0.25, 0.3) is 21.6 Å². The lowest BCUT2D eigenvalue weighted by Crippen LogP contribution is -2.39.